The van der Waals surface area contributed by atoms with Crippen LogP contribution in [0.1, 0.15) is 19.4 Å². The van der Waals surface area contributed by atoms with Crippen LogP contribution in [0.5, 0.6) is 5.88 Å². The Bertz CT molecular complexity index is 948. The van der Waals surface area contributed by atoms with Crippen LogP contribution in [0.4, 0.5) is 0 Å². The molecule has 0 spiro atoms. The minimum Gasteiger partial charge on any atom is -0.480 e. The van der Waals surface area contributed by atoms with Crippen LogP contribution in [-0.4, -0.2) is 29.5 Å². The Morgan fingerprint density at radius 1 is 1.17 bits per heavy atom. The highest BCUT2D eigenvalue weighted by atomic mass is 32.2. The Kier molecular flexibility index (Phi) is 5.35. The number of hydrogen-bond acceptors (Lipinski definition) is 5. The van der Waals surface area contributed by atoms with Gasteiger partial charge < -0.3 is 4.74 Å². The highest BCUT2D eigenvalue weighted by molar-refractivity contribution is 7.90. The molecule has 24 heavy (non-hydrogen) atoms. The summed E-state index contributed by atoms with van der Waals surface area (Å²) < 4.78 is 31.9. The average Bonchev–Trinajstić information content (AvgIpc) is 3.04. The maximum absolute atomic E-state index is 12.8. The fourth-order valence-electron chi connectivity index (χ4n) is 2.23. The topological polar surface area (TPSA) is 74.1 Å². The predicted octanol–water partition coefficient (Wildman–Crippen LogP) is 3.35. The van der Waals surface area contributed by atoms with E-state index in [1.165, 1.54) is 31.8 Å². The van der Waals surface area contributed by atoms with Crippen molar-refractivity contribution in [2.75, 3.05) is 7.11 Å². The molecule has 2 aromatic heterocycles. The third-order valence-electron chi connectivity index (χ3n) is 3.26. The Labute approximate surface area is 141 Å². The van der Waals surface area contributed by atoms with Crippen molar-refractivity contribution < 1.29 is 13.2 Å². The van der Waals surface area contributed by atoms with Gasteiger partial charge in [0.25, 0.3) is 10.0 Å². The molecule has 126 valence electrons. The fraction of sp³-hybridized carbons (Fsp3) is 0.176. The zero-order chi connectivity index (χ0) is 17.7. The maximum atomic E-state index is 12.8. The summed E-state index contributed by atoms with van der Waals surface area (Å²) in [6.07, 6.45) is 4.29. The first-order chi connectivity index (χ1) is 11.6. The van der Waals surface area contributed by atoms with Gasteiger partial charge in [-0.25, -0.2) is 22.4 Å². The SMILES string of the molecule is C=Cc1cn(S(=O)(=O)c2ccccc2)c2ncnc(OC)c12.CC. The molecule has 0 atom stereocenters. The number of hydrogen-bond donors (Lipinski definition) is 0. The first-order valence-corrected chi connectivity index (χ1v) is 8.86. The van der Waals surface area contributed by atoms with Crippen molar-refractivity contribution in [3.8, 4) is 5.88 Å². The molecule has 3 rings (SSSR count). The van der Waals surface area contributed by atoms with Crippen molar-refractivity contribution in [3.05, 3.63) is 55.0 Å². The summed E-state index contributed by atoms with van der Waals surface area (Å²) >= 11 is 0. The van der Waals surface area contributed by atoms with Crippen LogP contribution in [0.3, 0.4) is 0 Å². The van der Waals surface area contributed by atoms with Crippen molar-refractivity contribution in [2.45, 2.75) is 18.7 Å². The molecule has 0 N–H and O–H groups in total. The van der Waals surface area contributed by atoms with Gasteiger partial charge in [0, 0.05) is 11.8 Å². The molecule has 2 heterocycles. The number of aromatic nitrogens is 3. The maximum Gasteiger partial charge on any atom is 0.269 e. The molecule has 7 heteroatoms. The molecule has 0 aliphatic heterocycles. The van der Waals surface area contributed by atoms with Crippen LogP contribution in [0.25, 0.3) is 17.1 Å². The second-order valence-electron chi connectivity index (χ2n) is 4.48. The van der Waals surface area contributed by atoms with Crippen LogP contribution in [-0.2, 0) is 10.0 Å². The van der Waals surface area contributed by atoms with E-state index in [9.17, 15) is 8.42 Å². The number of benzene rings is 1. The molecule has 3 aromatic rings. The van der Waals surface area contributed by atoms with Crippen LogP contribution in [0.2, 0.25) is 0 Å². The van der Waals surface area contributed by atoms with Gasteiger partial charge in [-0.3, -0.25) is 0 Å². The van der Waals surface area contributed by atoms with Crippen molar-refractivity contribution in [3.63, 3.8) is 0 Å². The molecule has 0 aliphatic rings. The van der Waals surface area contributed by atoms with Gasteiger partial charge in [-0.05, 0) is 12.1 Å². The van der Waals surface area contributed by atoms with E-state index in [1.807, 2.05) is 13.8 Å². The molecule has 0 radical (unpaired) electrons. The lowest BCUT2D eigenvalue weighted by Gasteiger charge is -2.07. The lowest BCUT2D eigenvalue weighted by atomic mass is 10.2. The van der Waals surface area contributed by atoms with Crippen LogP contribution < -0.4 is 4.74 Å². The van der Waals surface area contributed by atoms with E-state index in [0.29, 0.717) is 16.8 Å². The van der Waals surface area contributed by atoms with Crippen molar-refractivity contribution in [1.82, 2.24) is 13.9 Å². The summed E-state index contributed by atoms with van der Waals surface area (Å²) in [7, 11) is -2.29. The highest BCUT2D eigenvalue weighted by Crippen LogP contribution is 2.30. The minimum atomic E-state index is -3.76. The summed E-state index contributed by atoms with van der Waals surface area (Å²) in [6, 6.07) is 8.17. The molecular formula is C17H19N3O3S. The molecule has 1 aromatic carbocycles. The van der Waals surface area contributed by atoms with Crippen LogP contribution >= 0.6 is 0 Å². The molecule has 0 amide bonds. The summed E-state index contributed by atoms with van der Waals surface area (Å²) in [5, 5.41) is 0.513. The third-order valence-corrected chi connectivity index (χ3v) is 4.92. The van der Waals surface area contributed by atoms with Gasteiger partial charge in [0.15, 0.2) is 5.65 Å². The second kappa shape index (κ2) is 7.27. The Morgan fingerprint density at radius 3 is 2.42 bits per heavy atom. The van der Waals surface area contributed by atoms with E-state index < -0.39 is 10.0 Å². The molecule has 0 saturated carbocycles. The highest BCUT2D eigenvalue weighted by Gasteiger charge is 2.23. The molecule has 0 unspecified atom stereocenters. The fourth-order valence-corrected chi connectivity index (χ4v) is 3.58. The number of rotatable bonds is 4. The van der Waals surface area contributed by atoms with Crippen molar-refractivity contribution >= 4 is 27.1 Å². The van der Waals surface area contributed by atoms with E-state index in [1.54, 1.807) is 24.3 Å². The number of nitrogens with zero attached hydrogens (tertiary/aromatic N) is 3. The lowest BCUT2D eigenvalue weighted by Crippen LogP contribution is -2.12. The molecule has 0 aliphatic carbocycles. The summed E-state index contributed by atoms with van der Waals surface area (Å²) in [4.78, 5) is 8.29. The van der Waals surface area contributed by atoms with Crippen LogP contribution in [0, 0.1) is 0 Å². The first-order valence-electron chi connectivity index (χ1n) is 7.42. The minimum absolute atomic E-state index is 0.181. The van der Waals surface area contributed by atoms with Gasteiger partial charge in [0.05, 0.1) is 17.4 Å². The first kappa shape index (κ1) is 17.7. The zero-order valence-corrected chi connectivity index (χ0v) is 14.6. The van der Waals surface area contributed by atoms with E-state index in [0.717, 1.165) is 3.97 Å². The molecular weight excluding hydrogens is 326 g/mol. The summed E-state index contributed by atoms with van der Waals surface area (Å²) in [5.41, 5.74) is 0.845. The Hall–Kier alpha value is -2.67. The Balaban J connectivity index is 0.00000100. The smallest absolute Gasteiger partial charge is 0.269 e. The van der Waals surface area contributed by atoms with Gasteiger partial charge in [-0.15, -0.1) is 0 Å². The predicted molar refractivity (Wildman–Crippen MR) is 94.5 cm³/mol. The normalized spacial score (nSPS) is 10.8. The van der Waals surface area contributed by atoms with Crippen molar-refractivity contribution in [1.29, 1.82) is 0 Å². The quantitative estimate of drug-likeness (QED) is 0.725. The summed E-state index contributed by atoms with van der Waals surface area (Å²) in [5.74, 6) is 0.307. The molecule has 6 nitrogen and oxygen atoms in total. The zero-order valence-electron chi connectivity index (χ0n) is 13.8. The van der Waals surface area contributed by atoms with Gasteiger partial charge in [-0.2, -0.15) is 0 Å². The van der Waals surface area contributed by atoms with Crippen molar-refractivity contribution in [2.24, 2.45) is 0 Å². The van der Waals surface area contributed by atoms with E-state index in [2.05, 4.69) is 16.5 Å². The molecule has 0 saturated heterocycles. The lowest BCUT2D eigenvalue weighted by molar-refractivity contribution is 0.402. The van der Waals surface area contributed by atoms with Gasteiger partial charge in [-0.1, -0.05) is 44.7 Å². The van der Waals surface area contributed by atoms with E-state index in [-0.39, 0.29) is 10.5 Å². The number of methoxy groups -OCH3 is 1. The Morgan fingerprint density at radius 2 is 1.83 bits per heavy atom. The third kappa shape index (κ3) is 2.90. The second-order valence-corrected chi connectivity index (χ2v) is 6.30. The van der Waals surface area contributed by atoms with Gasteiger partial charge in [0.1, 0.15) is 6.33 Å². The largest absolute Gasteiger partial charge is 0.480 e. The van der Waals surface area contributed by atoms with Gasteiger partial charge >= 0.3 is 0 Å². The molecule has 0 fully saturated rings. The van der Waals surface area contributed by atoms with Gasteiger partial charge in [0.2, 0.25) is 5.88 Å². The monoisotopic (exact) mass is 345 g/mol. The number of ether oxygens (including phenoxy) is 1. The standard InChI is InChI=1S/C15H13N3O3S.C2H6/c1-3-11-9-18(14-13(11)15(21-2)17-10-16-14)22(19,20)12-7-5-4-6-8-12;1-2/h3-10H,1H2,2H3;1-2H3. The van der Waals surface area contributed by atoms with E-state index in [4.69, 9.17) is 4.74 Å². The average molecular weight is 345 g/mol. The van der Waals surface area contributed by atoms with Crippen LogP contribution in [0.15, 0.2) is 54.3 Å². The van der Waals surface area contributed by atoms with E-state index >= 15 is 0 Å². The molecule has 0 bridgehead atoms. The summed E-state index contributed by atoms with van der Waals surface area (Å²) in [6.45, 7) is 7.71. The number of fused-ring (bicyclic) bond motifs is 1.